The van der Waals surface area contributed by atoms with Gasteiger partial charge in [-0.3, -0.25) is 4.79 Å². The molecular weight excluding hydrogens is 331 g/mol. The molecule has 1 aliphatic carbocycles. The molecule has 1 amide bonds. The molecule has 0 saturated carbocycles. The van der Waals surface area contributed by atoms with Gasteiger partial charge in [0, 0.05) is 17.3 Å². The molecule has 2 heterocycles. The summed E-state index contributed by atoms with van der Waals surface area (Å²) in [6, 6.07) is 6.52. The molecule has 2 aromatic rings. The van der Waals surface area contributed by atoms with Crippen LogP contribution in [0.1, 0.15) is 47.4 Å². The van der Waals surface area contributed by atoms with Gasteiger partial charge in [-0.05, 0) is 82.9 Å². The van der Waals surface area contributed by atoms with E-state index in [1.54, 1.807) is 12.1 Å². The molecule has 0 spiro atoms. The second kappa shape index (κ2) is 7.19. The molecule has 26 heavy (non-hydrogen) atoms. The summed E-state index contributed by atoms with van der Waals surface area (Å²) in [5.41, 5.74) is 3.51. The Morgan fingerprint density at radius 2 is 1.85 bits per heavy atom. The average molecular weight is 356 g/mol. The van der Waals surface area contributed by atoms with Crippen LogP contribution in [0.15, 0.2) is 24.3 Å². The number of aromatic nitrogens is 2. The maximum absolute atomic E-state index is 13.3. The van der Waals surface area contributed by atoms with E-state index in [0.717, 1.165) is 68.6 Å². The van der Waals surface area contributed by atoms with Crippen molar-refractivity contribution in [3.8, 4) is 5.69 Å². The molecule has 0 bridgehead atoms. The Kier molecular flexibility index (Phi) is 4.76. The second-order valence-electron chi connectivity index (χ2n) is 7.42. The predicted molar refractivity (Wildman–Crippen MR) is 98.1 cm³/mol. The first kappa shape index (κ1) is 17.2. The van der Waals surface area contributed by atoms with Gasteiger partial charge in [0.25, 0.3) is 5.91 Å². The number of amides is 1. The smallest absolute Gasteiger partial charge is 0.272 e. The van der Waals surface area contributed by atoms with E-state index in [1.807, 2.05) is 4.68 Å². The van der Waals surface area contributed by atoms with Gasteiger partial charge in [0.2, 0.25) is 0 Å². The minimum Gasteiger partial charge on any atom is -0.348 e. The molecule has 4 rings (SSSR count). The Balaban J connectivity index is 1.61. The highest BCUT2D eigenvalue weighted by molar-refractivity contribution is 5.94. The Morgan fingerprint density at radius 1 is 1.15 bits per heavy atom. The lowest BCUT2D eigenvalue weighted by atomic mass is 9.95. The summed E-state index contributed by atoms with van der Waals surface area (Å²) in [4.78, 5) is 15.2. The number of likely N-dealkylation sites (tertiary alicyclic amines) is 1. The standard InChI is InChI=1S/C20H25FN4O/c1-24-12-10-15(11-13-24)22-20(26)19-17-4-2-3-5-18(17)25(23-19)16-8-6-14(21)7-9-16/h6-9,15H,2-5,10-13H2,1H3,(H,22,26). The molecule has 0 radical (unpaired) electrons. The fourth-order valence-electron chi connectivity index (χ4n) is 3.98. The lowest BCUT2D eigenvalue weighted by Gasteiger charge is -2.29. The summed E-state index contributed by atoms with van der Waals surface area (Å²) in [7, 11) is 2.11. The van der Waals surface area contributed by atoms with Crippen molar-refractivity contribution >= 4 is 5.91 Å². The molecule has 1 aromatic carbocycles. The van der Waals surface area contributed by atoms with Gasteiger partial charge in [0.1, 0.15) is 5.82 Å². The maximum Gasteiger partial charge on any atom is 0.272 e. The number of nitrogens with zero attached hydrogens (tertiary/aromatic N) is 3. The normalized spacial score (nSPS) is 18.5. The van der Waals surface area contributed by atoms with Crippen LogP contribution in [-0.2, 0) is 12.8 Å². The molecule has 6 heteroatoms. The third kappa shape index (κ3) is 3.38. The largest absolute Gasteiger partial charge is 0.348 e. The van der Waals surface area contributed by atoms with Crippen molar-refractivity contribution in [1.82, 2.24) is 20.0 Å². The summed E-state index contributed by atoms with van der Waals surface area (Å²) in [5.74, 6) is -0.339. The SMILES string of the molecule is CN1CCC(NC(=O)c2nn(-c3ccc(F)cc3)c3c2CCCC3)CC1. The van der Waals surface area contributed by atoms with Crippen LogP contribution in [-0.4, -0.2) is 46.8 Å². The number of piperidine rings is 1. The Bertz CT molecular complexity index is 791. The van der Waals surface area contributed by atoms with Crippen LogP contribution in [0.5, 0.6) is 0 Å². The van der Waals surface area contributed by atoms with Gasteiger partial charge in [-0.2, -0.15) is 5.10 Å². The Morgan fingerprint density at radius 3 is 2.58 bits per heavy atom. The van der Waals surface area contributed by atoms with Gasteiger partial charge < -0.3 is 10.2 Å². The minimum absolute atomic E-state index is 0.0708. The summed E-state index contributed by atoms with van der Waals surface area (Å²) in [5, 5.41) is 7.82. The highest BCUT2D eigenvalue weighted by Crippen LogP contribution is 2.27. The van der Waals surface area contributed by atoms with E-state index in [-0.39, 0.29) is 17.8 Å². The molecule has 1 fully saturated rings. The highest BCUT2D eigenvalue weighted by atomic mass is 19.1. The maximum atomic E-state index is 13.3. The Labute approximate surface area is 153 Å². The van der Waals surface area contributed by atoms with Crippen LogP contribution < -0.4 is 5.32 Å². The van der Waals surface area contributed by atoms with E-state index in [9.17, 15) is 9.18 Å². The number of hydrogen-bond acceptors (Lipinski definition) is 3. The number of carbonyl (C=O) groups is 1. The summed E-state index contributed by atoms with van der Waals surface area (Å²) < 4.78 is 15.1. The van der Waals surface area contributed by atoms with Gasteiger partial charge in [0.05, 0.1) is 5.69 Å². The molecule has 2 aliphatic rings. The average Bonchev–Trinajstić information content (AvgIpc) is 3.04. The number of carbonyl (C=O) groups excluding carboxylic acids is 1. The first-order chi connectivity index (χ1) is 12.6. The first-order valence-corrected chi connectivity index (χ1v) is 9.48. The van der Waals surface area contributed by atoms with Gasteiger partial charge in [-0.25, -0.2) is 9.07 Å². The number of benzene rings is 1. The molecule has 5 nitrogen and oxygen atoms in total. The van der Waals surface area contributed by atoms with E-state index in [0.29, 0.717) is 5.69 Å². The van der Waals surface area contributed by atoms with Crippen molar-refractivity contribution in [2.24, 2.45) is 0 Å². The number of halogens is 1. The van der Waals surface area contributed by atoms with Gasteiger partial charge in [0.15, 0.2) is 5.69 Å². The lowest BCUT2D eigenvalue weighted by Crippen LogP contribution is -2.43. The van der Waals surface area contributed by atoms with Crippen LogP contribution in [0, 0.1) is 5.82 Å². The van der Waals surface area contributed by atoms with Crippen LogP contribution in [0.4, 0.5) is 4.39 Å². The van der Waals surface area contributed by atoms with Crippen LogP contribution in [0.3, 0.4) is 0 Å². The molecular formula is C20H25FN4O. The molecule has 0 atom stereocenters. The van der Waals surface area contributed by atoms with Crippen molar-refractivity contribution in [1.29, 1.82) is 0 Å². The third-order valence-corrected chi connectivity index (χ3v) is 5.52. The van der Waals surface area contributed by atoms with E-state index >= 15 is 0 Å². The van der Waals surface area contributed by atoms with E-state index < -0.39 is 0 Å². The second-order valence-corrected chi connectivity index (χ2v) is 7.42. The molecule has 1 N–H and O–H groups in total. The summed E-state index contributed by atoms with van der Waals surface area (Å²) in [6.45, 7) is 2.01. The zero-order valence-electron chi connectivity index (χ0n) is 15.2. The fraction of sp³-hybridized carbons (Fsp3) is 0.500. The molecule has 1 saturated heterocycles. The van der Waals surface area contributed by atoms with E-state index in [1.165, 1.54) is 12.1 Å². The van der Waals surface area contributed by atoms with Crippen molar-refractivity contribution < 1.29 is 9.18 Å². The van der Waals surface area contributed by atoms with Crippen LogP contribution in [0.2, 0.25) is 0 Å². The van der Waals surface area contributed by atoms with Crippen LogP contribution in [0.25, 0.3) is 5.69 Å². The van der Waals surface area contributed by atoms with Gasteiger partial charge in [-0.15, -0.1) is 0 Å². The first-order valence-electron chi connectivity index (χ1n) is 9.48. The van der Waals surface area contributed by atoms with Gasteiger partial charge >= 0.3 is 0 Å². The number of nitrogens with one attached hydrogen (secondary N) is 1. The predicted octanol–water partition coefficient (Wildman–Crippen LogP) is 2.71. The molecule has 1 aromatic heterocycles. The lowest BCUT2D eigenvalue weighted by molar-refractivity contribution is 0.0910. The van der Waals surface area contributed by atoms with Crippen molar-refractivity contribution in [3.63, 3.8) is 0 Å². The van der Waals surface area contributed by atoms with Crippen LogP contribution >= 0.6 is 0 Å². The highest BCUT2D eigenvalue weighted by Gasteiger charge is 2.27. The number of fused-ring (bicyclic) bond motifs is 1. The van der Waals surface area contributed by atoms with Crippen molar-refractivity contribution in [2.75, 3.05) is 20.1 Å². The van der Waals surface area contributed by atoms with Crippen molar-refractivity contribution in [2.45, 2.75) is 44.6 Å². The zero-order valence-corrected chi connectivity index (χ0v) is 15.2. The quantitative estimate of drug-likeness (QED) is 0.920. The monoisotopic (exact) mass is 356 g/mol. The summed E-state index contributed by atoms with van der Waals surface area (Å²) in [6.07, 6.45) is 5.91. The summed E-state index contributed by atoms with van der Waals surface area (Å²) >= 11 is 0. The van der Waals surface area contributed by atoms with Crippen molar-refractivity contribution in [3.05, 3.63) is 47.0 Å². The Hall–Kier alpha value is -2.21. The fourth-order valence-corrected chi connectivity index (χ4v) is 3.98. The van der Waals surface area contributed by atoms with E-state index in [4.69, 9.17) is 0 Å². The topological polar surface area (TPSA) is 50.2 Å². The zero-order chi connectivity index (χ0) is 18.1. The number of rotatable bonds is 3. The molecule has 138 valence electrons. The number of hydrogen-bond donors (Lipinski definition) is 1. The third-order valence-electron chi connectivity index (χ3n) is 5.52. The molecule has 1 aliphatic heterocycles. The van der Waals surface area contributed by atoms with E-state index in [2.05, 4.69) is 22.4 Å². The van der Waals surface area contributed by atoms with Gasteiger partial charge in [-0.1, -0.05) is 0 Å². The minimum atomic E-state index is -0.269. The molecule has 0 unspecified atom stereocenters.